The van der Waals surface area contributed by atoms with Crippen molar-refractivity contribution in [2.45, 2.75) is 115 Å². The number of rotatable bonds is 1. The van der Waals surface area contributed by atoms with Crippen molar-refractivity contribution in [2.24, 2.45) is 17.8 Å². The summed E-state index contributed by atoms with van der Waals surface area (Å²) in [5.41, 5.74) is 1.11. The number of fused-ring (bicyclic) bond motifs is 2. The van der Waals surface area contributed by atoms with Gasteiger partial charge < -0.3 is 33.9 Å². The highest BCUT2D eigenvalue weighted by atomic mass is 16.8. The highest BCUT2D eigenvalue weighted by molar-refractivity contribution is 5.78. The minimum absolute atomic E-state index is 0.0480. The van der Waals surface area contributed by atoms with Gasteiger partial charge in [0.05, 0.1) is 12.7 Å². The summed E-state index contributed by atoms with van der Waals surface area (Å²) in [4.78, 5) is 13.9. The molecule has 3 saturated heterocycles. The van der Waals surface area contributed by atoms with Crippen molar-refractivity contribution < 1.29 is 38.7 Å². The molecule has 1 aliphatic carbocycles. The average molecular weight is 559 g/mol. The first-order valence-electron chi connectivity index (χ1n) is 14.8. The molecule has 0 radical (unpaired) electrons. The number of hydrogen-bond donors (Lipinski definition) is 2. The topological polar surface area (TPSA) is 104 Å². The van der Waals surface area contributed by atoms with Gasteiger partial charge in [0.1, 0.15) is 29.8 Å². The fraction of sp³-hybridized carbons (Fsp3) is 0.719. The van der Waals surface area contributed by atoms with Crippen LogP contribution in [0.3, 0.4) is 0 Å². The fourth-order valence-electron chi connectivity index (χ4n) is 7.17. The normalized spacial score (nSPS) is 49.6. The van der Waals surface area contributed by atoms with Crippen molar-refractivity contribution in [2.75, 3.05) is 13.7 Å². The molecule has 8 nitrogen and oxygen atoms in total. The molecule has 2 N–H and O–H groups in total. The molecule has 0 saturated carbocycles. The Balaban J connectivity index is 1.53. The second-order valence-electron chi connectivity index (χ2n) is 12.9. The van der Waals surface area contributed by atoms with Crippen molar-refractivity contribution in [1.82, 2.24) is 0 Å². The van der Waals surface area contributed by atoms with E-state index >= 15 is 0 Å². The second-order valence-corrected chi connectivity index (χ2v) is 12.9. The van der Waals surface area contributed by atoms with E-state index in [-0.39, 0.29) is 24.5 Å². The maximum atomic E-state index is 13.9. The number of carbonyl (C=O) groups is 1. The third-order valence-electron chi connectivity index (χ3n) is 9.61. The summed E-state index contributed by atoms with van der Waals surface area (Å²) in [7, 11) is 1.59. The highest BCUT2D eigenvalue weighted by Gasteiger charge is 2.60. The van der Waals surface area contributed by atoms with Crippen LogP contribution in [0.4, 0.5) is 0 Å². The van der Waals surface area contributed by atoms with E-state index in [1.54, 1.807) is 20.1 Å². The van der Waals surface area contributed by atoms with Gasteiger partial charge in [-0.1, -0.05) is 49.8 Å². The molecule has 40 heavy (non-hydrogen) atoms. The standard InChI is InChI=1S/C32H46O8/c1-19-8-7-9-23-18-37-28-27(36-6)21(3)15-26(32(23,28)35)29(33)38-25-16-24(11-10-20(2)14-19)39-31(17-25)13-12-22(4)30(5,34)40-31/h7-10,15,19,22,24-28,34-35H,11-14,16-18H2,1-6H3/b8-7+,20-10-,23-9-/t19-,22+,24-,25+,26-,27+,28-,30-,31-,32-/m0/s1. The summed E-state index contributed by atoms with van der Waals surface area (Å²) < 4.78 is 30.8. The molecule has 4 aliphatic heterocycles. The summed E-state index contributed by atoms with van der Waals surface area (Å²) >= 11 is 0. The Bertz CT molecular complexity index is 1100. The lowest BCUT2D eigenvalue weighted by molar-refractivity contribution is -0.403. The third-order valence-corrected chi connectivity index (χ3v) is 9.61. The van der Waals surface area contributed by atoms with Crippen LogP contribution < -0.4 is 0 Å². The van der Waals surface area contributed by atoms with Crippen molar-refractivity contribution in [1.29, 1.82) is 0 Å². The average Bonchev–Trinajstić information content (AvgIpc) is 3.20. The lowest BCUT2D eigenvalue weighted by atomic mass is 9.70. The molecule has 0 aromatic heterocycles. The largest absolute Gasteiger partial charge is 0.462 e. The summed E-state index contributed by atoms with van der Waals surface area (Å²) in [5, 5.41) is 23.2. The van der Waals surface area contributed by atoms with Gasteiger partial charge in [-0.2, -0.15) is 0 Å². The minimum Gasteiger partial charge on any atom is -0.462 e. The van der Waals surface area contributed by atoms with Crippen LogP contribution in [0.25, 0.3) is 0 Å². The zero-order valence-electron chi connectivity index (χ0n) is 24.7. The second kappa shape index (κ2) is 11.1. The molecule has 5 rings (SSSR count). The van der Waals surface area contributed by atoms with E-state index in [1.165, 1.54) is 5.57 Å². The van der Waals surface area contributed by atoms with Crippen molar-refractivity contribution >= 4 is 5.97 Å². The Labute approximate surface area is 238 Å². The van der Waals surface area contributed by atoms with Gasteiger partial charge in [0.2, 0.25) is 0 Å². The Morgan fingerprint density at radius 2 is 1.93 bits per heavy atom. The van der Waals surface area contributed by atoms with E-state index < -0.39 is 47.4 Å². The van der Waals surface area contributed by atoms with Gasteiger partial charge in [0.15, 0.2) is 11.6 Å². The lowest BCUT2D eigenvalue weighted by Crippen LogP contribution is -2.59. The van der Waals surface area contributed by atoms with Crippen LogP contribution in [0.2, 0.25) is 0 Å². The van der Waals surface area contributed by atoms with Gasteiger partial charge >= 0.3 is 5.97 Å². The van der Waals surface area contributed by atoms with Crippen LogP contribution in [-0.2, 0) is 28.5 Å². The van der Waals surface area contributed by atoms with Crippen LogP contribution in [0.15, 0.2) is 47.1 Å². The molecule has 5 aliphatic rings. The fourth-order valence-corrected chi connectivity index (χ4v) is 7.17. The first kappa shape index (κ1) is 29.7. The number of allylic oxidation sites excluding steroid dienone is 4. The van der Waals surface area contributed by atoms with Gasteiger partial charge in [-0.15, -0.1) is 0 Å². The first-order chi connectivity index (χ1) is 18.9. The molecule has 0 unspecified atom stereocenters. The van der Waals surface area contributed by atoms with Gasteiger partial charge in [0.25, 0.3) is 0 Å². The van der Waals surface area contributed by atoms with Crippen molar-refractivity contribution in [3.8, 4) is 0 Å². The first-order valence-corrected chi connectivity index (χ1v) is 14.8. The molecular formula is C32H46O8. The Morgan fingerprint density at radius 1 is 1.15 bits per heavy atom. The molecule has 222 valence electrons. The molecule has 0 aromatic carbocycles. The van der Waals surface area contributed by atoms with E-state index in [0.717, 1.165) is 18.4 Å². The summed E-state index contributed by atoms with van der Waals surface area (Å²) in [5.74, 6) is -3.63. The third kappa shape index (κ3) is 5.51. The number of ether oxygens (including phenoxy) is 5. The SMILES string of the molecule is CO[C@@H]1C(C)=C[C@H]2C(=O)O[C@@H]3C[C@H](C/C=C(/C)C[C@@H](C)/C=C/C=C4/CO[C@@H]1[C@]42O)O[C@]1(CC[C@@H](C)[C@@](C)(O)O1)C3. The van der Waals surface area contributed by atoms with Crippen molar-refractivity contribution in [3.05, 3.63) is 47.1 Å². The van der Waals surface area contributed by atoms with Crippen LogP contribution in [-0.4, -0.2) is 71.5 Å². The minimum atomic E-state index is -1.60. The van der Waals surface area contributed by atoms with E-state index in [1.807, 2.05) is 26.0 Å². The van der Waals surface area contributed by atoms with E-state index in [4.69, 9.17) is 23.7 Å². The molecule has 3 fully saturated rings. The number of hydrogen-bond acceptors (Lipinski definition) is 8. The number of esters is 1. The van der Waals surface area contributed by atoms with Gasteiger partial charge in [-0.25, -0.2) is 0 Å². The van der Waals surface area contributed by atoms with Crippen LogP contribution in [0, 0.1) is 17.8 Å². The molecule has 2 bridgehead atoms. The van der Waals surface area contributed by atoms with Gasteiger partial charge in [-0.3, -0.25) is 4.79 Å². The highest BCUT2D eigenvalue weighted by Crippen LogP contribution is 2.48. The lowest BCUT2D eigenvalue weighted by Gasteiger charge is -2.51. The molecule has 8 heteroatoms. The Morgan fingerprint density at radius 3 is 2.65 bits per heavy atom. The van der Waals surface area contributed by atoms with Crippen molar-refractivity contribution in [3.63, 3.8) is 0 Å². The van der Waals surface area contributed by atoms with E-state index in [2.05, 4.69) is 26.0 Å². The molecule has 0 aromatic rings. The van der Waals surface area contributed by atoms with Gasteiger partial charge in [0, 0.05) is 32.3 Å². The zero-order valence-corrected chi connectivity index (χ0v) is 24.7. The summed E-state index contributed by atoms with van der Waals surface area (Å²) in [6, 6.07) is 0. The summed E-state index contributed by atoms with van der Waals surface area (Å²) in [6.07, 6.45) is 11.7. The molecular weight excluding hydrogens is 512 g/mol. The Kier molecular flexibility index (Phi) is 8.25. The van der Waals surface area contributed by atoms with E-state index in [0.29, 0.717) is 31.3 Å². The van der Waals surface area contributed by atoms with Crippen LogP contribution in [0.5, 0.6) is 0 Å². The zero-order chi connectivity index (χ0) is 28.9. The molecule has 10 atom stereocenters. The number of methoxy groups -OCH3 is 1. The van der Waals surface area contributed by atoms with Gasteiger partial charge in [-0.05, 0) is 57.1 Å². The predicted molar refractivity (Wildman–Crippen MR) is 149 cm³/mol. The molecule has 4 heterocycles. The number of aliphatic hydroxyl groups is 2. The van der Waals surface area contributed by atoms with Crippen LogP contribution in [0.1, 0.15) is 73.1 Å². The van der Waals surface area contributed by atoms with E-state index in [9.17, 15) is 15.0 Å². The smallest absolute Gasteiger partial charge is 0.316 e. The maximum Gasteiger partial charge on any atom is 0.316 e. The molecule has 1 spiro atoms. The quantitative estimate of drug-likeness (QED) is 0.358. The molecule has 0 amide bonds. The van der Waals surface area contributed by atoms with Crippen LogP contribution >= 0.6 is 0 Å². The Hall–Kier alpha value is -1.81. The predicted octanol–water partition coefficient (Wildman–Crippen LogP) is 4.51. The maximum absolute atomic E-state index is 13.9. The number of carbonyl (C=O) groups excluding carboxylic acids is 1. The monoisotopic (exact) mass is 558 g/mol. The summed E-state index contributed by atoms with van der Waals surface area (Å²) in [6.45, 7) is 10.0.